The molecule has 0 bridgehead atoms. The Morgan fingerprint density at radius 1 is 1.50 bits per heavy atom. The number of ether oxygens (including phenoxy) is 1. The highest BCUT2D eigenvalue weighted by atomic mass is 19.1. The van der Waals surface area contributed by atoms with Crippen LogP contribution in [0.5, 0.6) is 5.75 Å². The average Bonchev–Trinajstić information content (AvgIpc) is 2.45. The van der Waals surface area contributed by atoms with Crippen molar-refractivity contribution in [1.29, 1.82) is 0 Å². The Morgan fingerprint density at radius 2 is 2.23 bits per heavy atom. The minimum absolute atomic E-state index is 0.0259. The molecule has 5 heteroatoms. The molecular formula is C17H20FNO3. The average molecular weight is 305 g/mol. The Balaban J connectivity index is 1.72. The monoisotopic (exact) mass is 305 g/mol. The van der Waals surface area contributed by atoms with Crippen molar-refractivity contribution in [2.75, 3.05) is 26.7 Å². The van der Waals surface area contributed by atoms with Gasteiger partial charge < -0.3 is 9.84 Å². The van der Waals surface area contributed by atoms with Gasteiger partial charge in [0.15, 0.2) is 0 Å². The first-order chi connectivity index (χ1) is 10.4. The van der Waals surface area contributed by atoms with Gasteiger partial charge in [0, 0.05) is 19.6 Å². The number of rotatable bonds is 4. The summed E-state index contributed by atoms with van der Waals surface area (Å²) in [5, 5.41) is 8.82. The Labute approximate surface area is 129 Å². The van der Waals surface area contributed by atoms with Crippen LogP contribution in [0.3, 0.4) is 0 Å². The second-order valence-corrected chi connectivity index (χ2v) is 6.30. The molecule has 3 rings (SSSR count). The van der Waals surface area contributed by atoms with Crippen LogP contribution in [0.2, 0.25) is 0 Å². The number of likely N-dealkylation sites (tertiary alicyclic amines) is 1. The van der Waals surface area contributed by atoms with Crippen LogP contribution in [0.15, 0.2) is 23.8 Å². The van der Waals surface area contributed by atoms with Gasteiger partial charge in [-0.15, -0.1) is 0 Å². The molecule has 1 unspecified atom stereocenters. The third kappa shape index (κ3) is 2.61. The number of fused-ring (bicyclic) bond motifs is 1. The highest BCUT2D eigenvalue weighted by molar-refractivity contribution is 5.79. The van der Waals surface area contributed by atoms with Gasteiger partial charge in [-0.1, -0.05) is 24.6 Å². The molecule has 0 spiro atoms. The summed E-state index contributed by atoms with van der Waals surface area (Å²) in [5.74, 6) is -0.139. The van der Waals surface area contributed by atoms with E-state index in [0.717, 1.165) is 12.2 Å². The van der Waals surface area contributed by atoms with E-state index in [-0.39, 0.29) is 13.1 Å². The molecule has 1 atom stereocenters. The van der Waals surface area contributed by atoms with Gasteiger partial charge in [-0.05, 0) is 35.6 Å². The second-order valence-electron chi connectivity index (χ2n) is 6.30. The fraction of sp³-hybridized carbons (Fsp3) is 0.471. The molecule has 2 aliphatic rings. The first-order valence-electron chi connectivity index (χ1n) is 7.43. The predicted molar refractivity (Wildman–Crippen MR) is 81.8 cm³/mol. The molecule has 0 radical (unpaired) electrons. The van der Waals surface area contributed by atoms with Crippen molar-refractivity contribution in [2.24, 2.45) is 5.92 Å². The second kappa shape index (κ2) is 5.39. The molecule has 0 amide bonds. The summed E-state index contributed by atoms with van der Waals surface area (Å²) in [5.41, 5.74) is 1.58. The highest BCUT2D eigenvalue weighted by Crippen LogP contribution is 2.33. The van der Waals surface area contributed by atoms with Gasteiger partial charge in [-0.2, -0.15) is 0 Å². The fourth-order valence-electron chi connectivity index (χ4n) is 3.20. The summed E-state index contributed by atoms with van der Waals surface area (Å²) in [6.07, 6.45) is 3.06. The van der Waals surface area contributed by atoms with E-state index in [4.69, 9.17) is 9.84 Å². The molecular weight excluding hydrogens is 285 g/mol. The van der Waals surface area contributed by atoms with Crippen LogP contribution in [0.1, 0.15) is 18.1 Å². The minimum atomic E-state index is -2.07. The van der Waals surface area contributed by atoms with Crippen LogP contribution in [-0.2, 0) is 11.2 Å². The van der Waals surface area contributed by atoms with Crippen molar-refractivity contribution < 1.29 is 19.0 Å². The number of halogens is 1. The zero-order chi connectivity index (χ0) is 15.9. The number of nitrogens with zero attached hydrogens (tertiary/aromatic N) is 1. The molecule has 1 saturated heterocycles. The van der Waals surface area contributed by atoms with E-state index in [0.29, 0.717) is 12.5 Å². The number of carboxylic acids is 1. The predicted octanol–water partition coefficient (Wildman–Crippen LogP) is 2.38. The fourth-order valence-corrected chi connectivity index (χ4v) is 3.20. The molecule has 0 aromatic heterocycles. The lowest BCUT2D eigenvalue weighted by Gasteiger charge is -2.42. The third-order valence-electron chi connectivity index (χ3n) is 4.59. The van der Waals surface area contributed by atoms with Crippen LogP contribution < -0.4 is 4.74 Å². The van der Waals surface area contributed by atoms with Crippen molar-refractivity contribution in [3.63, 3.8) is 0 Å². The zero-order valence-corrected chi connectivity index (χ0v) is 12.8. The molecule has 1 aliphatic carbocycles. The Morgan fingerprint density at radius 3 is 2.86 bits per heavy atom. The first-order valence-corrected chi connectivity index (χ1v) is 7.43. The van der Waals surface area contributed by atoms with Crippen LogP contribution in [0.4, 0.5) is 4.39 Å². The standard InChI is InChI=1S/C17H20FNO3/c1-11-5-13-7-15(22-2)4-3-12(13)6-14(11)8-19-9-17(18,10-19)16(20)21/h3-4,6-7,11H,5,8-10H2,1-2H3,(H,20,21). The summed E-state index contributed by atoms with van der Waals surface area (Å²) >= 11 is 0. The topological polar surface area (TPSA) is 49.8 Å². The van der Waals surface area contributed by atoms with E-state index in [1.54, 1.807) is 7.11 Å². The normalized spacial score (nSPS) is 23.2. The quantitative estimate of drug-likeness (QED) is 0.928. The molecule has 1 aliphatic heterocycles. The number of alkyl halides is 1. The van der Waals surface area contributed by atoms with E-state index < -0.39 is 11.6 Å². The van der Waals surface area contributed by atoms with Gasteiger partial charge in [-0.25, -0.2) is 9.18 Å². The minimum Gasteiger partial charge on any atom is -0.497 e. The van der Waals surface area contributed by atoms with Crippen LogP contribution in [-0.4, -0.2) is 48.4 Å². The van der Waals surface area contributed by atoms with E-state index in [9.17, 15) is 9.18 Å². The maximum absolute atomic E-state index is 13.8. The molecule has 1 aromatic rings. The Kier molecular flexibility index (Phi) is 3.68. The van der Waals surface area contributed by atoms with Gasteiger partial charge in [0.25, 0.3) is 0 Å². The molecule has 1 aromatic carbocycles. The lowest BCUT2D eigenvalue weighted by Crippen LogP contribution is -2.63. The maximum Gasteiger partial charge on any atom is 0.344 e. The van der Waals surface area contributed by atoms with Gasteiger partial charge >= 0.3 is 5.97 Å². The third-order valence-corrected chi connectivity index (χ3v) is 4.59. The summed E-state index contributed by atoms with van der Waals surface area (Å²) in [7, 11) is 1.66. The van der Waals surface area contributed by atoms with Crippen molar-refractivity contribution in [3.8, 4) is 5.75 Å². The van der Waals surface area contributed by atoms with Gasteiger partial charge in [-0.3, -0.25) is 4.90 Å². The lowest BCUT2D eigenvalue weighted by atomic mass is 9.83. The lowest BCUT2D eigenvalue weighted by molar-refractivity contribution is -0.163. The number of benzene rings is 1. The van der Waals surface area contributed by atoms with E-state index in [1.165, 1.54) is 16.7 Å². The van der Waals surface area contributed by atoms with Crippen LogP contribution in [0, 0.1) is 5.92 Å². The summed E-state index contributed by atoms with van der Waals surface area (Å²) in [4.78, 5) is 12.7. The maximum atomic E-state index is 13.8. The van der Waals surface area contributed by atoms with Crippen molar-refractivity contribution in [2.45, 2.75) is 19.0 Å². The summed E-state index contributed by atoms with van der Waals surface area (Å²) in [6.45, 7) is 2.73. The van der Waals surface area contributed by atoms with Crippen molar-refractivity contribution in [1.82, 2.24) is 4.90 Å². The number of hydrogen-bond acceptors (Lipinski definition) is 3. The van der Waals surface area contributed by atoms with Gasteiger partial charge in [0.05, 0.1) is 7.11 Å². The molecule has 1 N–H and O–H groups in total. The van der Waals surface area contributed by atoms with E-state index >= 15 is 0 Å². The molecule has 1 fully saturated rings. The molecule has 1 heterocycles. The van der Waals surface area contributed by atoms with Crippen LogP contribution in [0.25, 0.3) is 6.08 Å². The first kappa shape index (κ1) is 15.0. The Hall–Kier alpha value is -1.88. The summed E-state index contributed by atoms with van der Waals surface area (Å²) < 4.78 is 19.0. The van der Waals surface area contributed by atoms with Crippen LogP contribution >= 0.6 is 0 Å². The zero-order valence-electron chi connectivity index (χ0n) is 12.8. The number of carbonyl (C=O) groups is 1. The number of methoxy groups -OCH3 is 1. The van der Waals surface area contributed by atoms with Crippen molar-refractivity contribution in [3.05, 3.63) is 34.9 Å². The number of carboxylic acid groups (broad SMARTS) is 1. The SMILES string of the molecule is COc1ccc2c(c1)CC(C)C(CN1CC(F)(C(=O)O)C1)=C2. The Bertz CT molecular complexity index is 635. The van der Waals surface area contributed by atoms with Gasteiger partial charge in [0.1, 0.15) is 5.75 Å². The number of hydrogen-bond donors (Lipinski definition) is 1. The smallest absolute Gasteiger partial charge is 0.344 e. The molecule has 0 saturated carbocycles. The highest BCUT2D eigenvalue weighted by Gasteiger charge is 2.50. The summed E-state index contributed by atoms with van der Waals surface area (Å²) in [6, 6.07) is 6.02. The largest absolute Gasteiger partial charge is 0.497 e. The van der Waals surface area contributed by atoms with Crippen molar-refractivity contribution >= 4 is 12.0 Å². The van der Waals surface area contributed by atoms with E-state index in [2.05, 4.69) is 19.1 Å². The molecule has 22 heavy (non-hydrogen) atoms. The molecule has 118 valence electrons. The molecule has 4 nitrogen and oxygen atoms in total. The van der Waals surface area contributed by atoms with E-state index in [1.807, 2.05) is 17.0 Å². The van der Waals surface area contributed by atoms with Gasteiger partial charge in [0.2, 0.25) is 5.67 Å². The number of aliphatic carboxylic acids is 1.